The molecule has 4 aromatic carbocycles. The Bertz CT molecular complexity index is 1170. The summed E-state index contributed by atoms with van der Waals surface area (Å²) in [7, 11) is 0. The molecule has 0 radical (unpaired) electrons. The molecule has 0 unspecified atom stereocenters. The fourth-order valence-corrected chi connectivity index (χ4v) is 3.86. The van der Waals surface area contributed by atoms with Gasteiger partial charge >= 0.3 is 0 Å². The summed E-state index contributed by atoms with van der Waals surface area (Å²) in [5.41, 5.74) is 6.47. The van der Waals surface area contributed by atoms with Crippen LogP contribution < -0.4 is 9.80 Å². The fourth-order valence-electron chi connectivity index (χ4n) is 3.86. The molecular weight excluding hydrogens is 368 g/mol. The molecule has 0 saturated carbocycles. The number of hydrogen-bond acceptors (Lipinski definition) is 3. The zero-order valence-corrected chi connectivity index (χ0v) is 16.5. The quantitative estimate of drug-likeness (QED) is 0.440. The summed E-state index contributed by atoms with van der Waals surface area (Å²) in [5.74, 6) is 0.277. The molecule has 0 saturated heterocycles. The maximum atomic E-state index is 10.5. The molecule has 0 atom stereocenters. The van der Waals surface area contributed by atoms with Crippen LogP contribution in [0, 0.1) is 0 Å². The lowest BCUT2D eigenvalue weighted by Gasteiger charge is -2.25. The smallest absolute Gasteiger partial charge is 0.139 e. The molecule has 0 bridgehead atoms. The summed E-state index contributed by atoms with van der Waals surface area (Å²) in [4.78, 5) is 4.35. The van der Waals surface area contributed by atoms with Crippen LogP contribution in [-0.2, 0) is 0 Å². The van der Waals surface area contributed by atoms with Gasteiger partial charge in [0.15, 0.2) is 0 Å². The summed E-state index contributed by atoms with van der Waals surface area (Å²) in [5, 5.41) is 10.5. The van der Waals surface area contributed by atoms with Gasteiger partial charge < -0.3 is 14.9 Å². The molecule has 1 heterocycles. The molecule has 146 valence electrons. The lowest BCUT2D eigenvalue weighted by Crippen LogP contribution is -2.26. The average molecular weight is 390 g/mol. The molecule has 30 heavy (non-hydrogen) atoms. The second-order valence-electron chi connectivity index (χ2n) is 7.32. The molecule has 3 heteroatoms. The topological polar surface area (TPSA) is 26.7 Å². The van der Waals surface area contributed by atoms with E-state index < -0.39 is 0 Å². The van der Waals surface area contributed by atoms with Crippen LogP contribution in [0.2, 0.25) is 0 Å². The predicted molar refractivity (Wildman–Crippen MR) is 124 cm³/mol. The van der Waals surface area contributed by atoms with Crippen molar-refractivity contribution in [3.63, 3.8) is 0 Å². The fraction of sp³-hybridized carbons (Fsp3) is 0.0370. The SMILES string of the molecule is Oc1ccccc1N1CN(c2ccccc2)C=C1c1ccc(-c2ccccc2)cc1. The number of aromatic hydroxyl groups is 1. The number of para-hydroxylation sites is 3. The molecule has 4 aromatic rings. The zero-order valence-electron chi connectivity index (χ0n) is 16.5. The third-order valence-electron chi connectivity index (χ3n) is 5.41. The number of anilines is 2. The van der Waals surface area contributed by atoms with Crippen molar-refractivity contribution >= 4 is 17.1 Å². The predicted octanol–water partition coefficient (Wildman–Crippen LogP) is 6.34. The van der Waals surface area contributed by atoms with E-state index in [0.29, 0.717) is 6.67 Å². The molecular formula is C27H22N2O. The normalized spacial score (nSPS) is 13.4. The first-order valence-corrected chi connectivity index (χ1v) is 10.0. The molecule has 1 aliphatic heterocycles. The second kappa shape index (κ2) is 7.80. The molecule has 0 spiro atoms. The molecule has 1 aliphatic rings. The van der Waals surface area contributed by atoms with Gasteiger partial charge in [-0.15, -0.1) is 0 Å². The summed E-state index contributed by atoms with van der Waals surface area (Å²) in [6.45, 7) is 0.636. The van der Waals surface area contributed by atoms with E-state index in [2.05, 4.69) is 76.7 Å². The van der Waals surface area contributed by atoms with Gasteiger partial charge in [-0.1, -0.05) is 84.9 Å². The Morgan fingerprint density at radius 2 is 1.13 bits per heavy atom. The van der Waals surface area contributed by atoms with E-state index in [9.17, 15) is 5.11 Å². The van der Waals surface area contributed by atoms with Crippen LogP contribution >= 0.6 is 0 Å². The number of phenols is 1. The molecule has 0 aromatic heterocycles. The first-order chi connectivity index (χ1) is 14.8. The highest BCUT2D eigenvalue weighted by atomic mass is 16.3. The van der Waals surface area contributed by atoms with Crippen molar-refractivity contribution in [3.05, 3.63) is 121 Å². The summed E-state index contributed by atoms with van der Waals surface area (Å²) in [6.07, 6.45) is 2.15. The molecule has 0 aliphatic carbocycles. The minimum atomic E-state index is 0.277. The van der Waals surface area contributed by atoms with Crippen molar-refractivity contribution in [2.45, 2.75) is 0 Å². The number of nitrogens with zero attached hydrogens (tertiary/aromatic N) is 2. The van der Waals surface area contributed by atoms with Crippen LogP contribution in [-0.4, -0.2) is 11.8 Å². The Labute approximate surface area is 176 Å². The van der Waals surface area contributed by atoms with Crippen LogP contribution in [0.4, 0.5) is 11.4 Å². The first-order valence-electron chi connectivity index (χ1n) is 10.0. The Balaban J connectivity index is 1.54. The second-order valence-corrected chi connectivity index (χ2v) is 7.32. The first kappa shape index (κ1) is 18.1. The van der Waals surface area contributed by atoms with Crippen molar-refractivity contribution in [3.8, 4) is 16.9 Å². The molecule has 0 amide bonds. The maximum absolute atomic E-state index is 10.5. The van der Waals surface area contributed by atoms with Gasteiger partial charge in [-0.25, -0.2) is 0 Å². The van der Waals surface area contributed by atoms with Crippen LogP contribution in [0.15, 0.2) is 115 Å². The van der Waals surface area contributed by atoms with Crippen LogP contribution in [0.1, 0.15) is 5.56 Å². The van der Waals surface area contributed by atoms with Gasteiger partial charge in [0.1, 0.15) is 5.75 Å². The van der Waals surface area contributed by atoms with Crippen LogP contribution in [0.25, 0.3) is 16.8 Å². The van der Waals surface area contributed by atoms with E-state index in [0.717, 1.165) is 22.6 Å². The monoisotopic (exact) mass is 390 g/mol. The van der Waals surface area contributed by atoms with E-state index in [1.165, 1.54) is 11.1 Å². The Kier molecular flexibility index (Phi) is 4.70. The van der Waals surface area contributed by atoms with Gasteiger partial charge in [0.2, 0.25) is 0 Å². The highest BCUT2D eigenvalue weighted by molar-refractivity contribution is 5.87. The molecule has 5 rings (SSSR count). The lowest BCUT2D eigenvalue weighted by molar-refractivity contribution is 0.476. The highest BCUT2D eigenvalue weighted by Crippen LogP contribution is 2.38. The van der Waals surface area contributed by atoms with Crippen molar-refractivity contribution in [2.75, 3.05) is 16.5 Å². The van der Waals surface area contributed by atoms with Crippen molar-refractivity contribution in [2.24, 2.45) is 0 Å². The number of hydrogen-bond donors (Lipinski definition) is 1. The third kappa shape index (κ3) is 3.42. The highest BCUT2D eigenvalue weighted by Gasteiger charge is 2.26. The lowest BCUT2D eigenvalue weighted by atomic mass is 10.0. The summed E-state index contributed by atoms with van der Waals surface area (Å²) < 4.78 is 0. The van der Waals surface area contributed by atoms with Gasteiger partial charge in [-0.05, 0) is 41.0 Å². The van der Waals surface area contributed by atoms with Gasteiger partial charge in [-0.3, -0.25) is 0 Å². The molecule has 3 nitrogen and oxygen atoms in total. The number of rotatable bonds is 4. The van der Waals surface area contributed by atoms with E-state index >= 15 is 0 Å². The molecule has 0 fully saturated rings. The third-order valence-corrected chi connectivity index (χ3v) is 5.41. The van der Waals surface area contributed by atoms with E-state index in [1.807, 2.05) is 42.5 Å². The largest absolute Gasteiger partial charge is 0.506 e. The Morgan fingerprint density at radius 3 is 1.83 bits per heavy atom. The van der Waals surface area contributed by atoms with Crippen molar-refractivity contribution < 1.29 is 5.11 Å². The van der Waals surface area contributed by atoms with Crippen LogP contribution in [0.5, 0.6) is 5.75 Å². The zero-order chi connectivity index (χ0) is 20.3. The van der Waals surface area contributed by atoms with E-state index in [1.54, 1.807) is 6.07 Å². The minimum Gasteiger partial charge on any atom is -0.506 e. The van der Waals surface area contributed by atoms with Gasteiger partial charge in [0, 0.05) is 11.9 Å². The Morgan fingerprint density at radius 1 is 0.567 bits per heavy atom. The van der Waals surface area contributed by atoms with Crippen LogP contribution in [0.3, 0.4) is 0 Å². The standard InChI is InChI=1S/C27H22N2O/c30-27-14-8-7-13-25(27)29-20-28(24-11-5-2-6-12-24)19-26(29)23-17-15-22(16-18-23)21-9-3-1-4-10-21/h1-19,30H,20H2. The number of phenolic OH excluding ortho intramolecular Hbond substituents is 1. The summed E-state index contributed by atoms with van der Waals surface area (Å²) >= 11 is 0. The minimum absolute atomic E-state index is 0.277. The number of benzene rings is 4. The van der Waals surface area contributed by atoms with Gasteiger partial charge in [-0.2, -0.15) is 0 Å². The Hall–Kier alpha value is -3.98. The van der Waals surface area contributed by atoms with Gasteiger partial charge in [0.05, 0.1) is 18.1 Å². The van der Waals surface area contributed by atoms with Crippen molar-refractivity contribution in [1.82, 2.24) is 0 Å². The van der Waals surface area contributed by atoms with Gasteiger partial charge in [0.25, 0.3) is 0 Å². The van der Waals surface area contributed by atoms with E-state index in [-0.39, 0.29) is 5.75 Å². The molecule has 1 N–H and O–H groups in total. The van der Waals surface area contributed by atoms with E-state index in [4.69, 9.17) is 0 Å². The summed E-state index contributed by atoms with van der Waals surface area (Å²) in [6, 6.07) is 36.8. The average Bonchev–Trinajstić information content (AvgIpc) is 3.26. The van der Waals surface area contributed by atoms with Crippen molar-refractivity contribution in [1.29, 1.82) is 0 Å². The maximum Gasteiger partial charge on any atom is 0.139 e.